The van der Waals surface area contributed by atoms with Gasteiger partial charge in [0.2, 0.25) is 5.43 Å². The molecule has 5 heteroatoms. The predicted molar refractivity (Wildman–Crippen MR) is 96.5 cm³/mol. The van der Waals surface area contributed by atoms with Crippen LogP contribution in [-0.2, 0) is 13.6 Å². The number of para-hydroxylation sites is 1. The molecule has 0 aliphatic rings. The minimum Gasteiger partial charge on any atom is -0.349 e. The maximum atomic E-state index is 12.6. The lowest BCUT2D eigenvalue weighted by molar-refractivity contribution is 0.0949. The van der Waals surface area contributed by atoms with Crippen molar-refractivity contribution in [2.75, 3.05) is 0 Å². The zero-order valence-corrected chi connectivity index (χ0v) is 14.2. The molecule has 0 aliphatic carbocycles. The Morgan fingerprint density at radius 1 is 1.17 bits per heavy atom. The van der Waals surface area contributed by atoms with Crippen LogP contribution in [0, 0.1) is 6.92 Å². The second-order valence-electron chi connectivity index (χ2n) is 5.76. The first-order chi connectivity index (χ1) is 11.5. The molecule has 0 unspecified atom stereocenters. The third-order valence-corrected chi connectivity index (χ3v) is 4.27. The van der Waals surface area contributed by atoms with Crippen LogP contribution in [0.4, 0.5) is 0 Å². The third-order valence-electron chi connectivity index (χ3n) is 4.01. The van der Waals surface area contributed by atoms with Crippen molar-refractivity contribution in [3.63, 3.8) is 0 Å². The van der Waals surface area contributed by atoms with Crippen molar-refractivity contribution in [2.45, 2.75) is 13.5 Å². The Kier molecular flexibility index (Phi) is 4.40. The van der Waals surface area contributed by atoms with Crippen molar-refractivity contribution < 1.29 is 4.79 Å². The lowest BCUT2D eigenvalue weighted by atomic mass is 10.1. The van der Waals surface area contributed by atoms with E-state index in [2.05, 4.69) is 5.32 Å². The predicted octanol–water partition coefficient (Wildman–Crippen LogP) is 3.43. The molecule has 1 amide bonds. The molecule has 3 rings (SSSR count). The number of amides is 1. The van der Waals surface area contributed by atoms with Crippen molar-refractivity contribution in [1.29, 1.82) is 0 Å². The maximum Gasteiger partial charge on any atom is 0.257 e. The Balaban J connectivity index is 1.91. The van der Waals surface area contributed by atoms with E-state index in [1.807, 2.05) is 42.8 Å². The van der Waals surface area contributed by atoms with E-state index in [-0.39, 0.29) is 16.9 Å². The standard InChI is InChI=1S/C19H17ClN2O2/c1-12-4-3-5-15-17(12)22(2)11-16(18(15)23)19(24)21-10-13-6-8-14(20)9-7-13/h3-9,11H,10H2,1-2H3,(H,21,24). The van der Waals surface area contributed by atoms with Gasteiger partial charge in [-0.1, -0.05) is 35.9 Å². The van der Waals surface area contributed by atoms with Crippen LogP contribution >= 0.6 is 11.6 Å². The quantitative estimate of drug-likeness (QED) is 0.794. The molecule has 0 saturated heterocycles. The van der Waals surface area contributed by atoms with Crippen molar-refractivity contribution in [2.24, 2.45) is 7.05 Å². The molecule has 0 fully saturated rings. The molecule has 0 spiro atoms. The molecule has 2 aromatic carbocycles. The van der Waals surface area contributed by atoms with Crippen LogP contribution in [0.25, 0.3) is 10.9 Å². The summed E-state index contributed by atoms with van der Waals surface area (Å²) in [6, 6.07) is 12.7. The van der Waals surface area contributed by atoms with Crippen LogP contribution in [-0.4, -0.2) is 10.5 Å². The molecule has 0 aliphatic heterocycles. The number of carbonyl (C=O) groups is 1. The second kappa shape index (κ2) is 6.49. The fraction of sp³-hybridized carbons (Fsp3) is 0.158. The van der Waals surface area contributed by atoms with Gasteiger partial charge in [0.05, 0.1) is 5.52 Å². The van der Waals surface area contributed by atoms with Gasteiger partial charge in [-0.3, -0.25) is 9.59 Å². The molecular formula is C19H17ClN2O2. The van der Waals surface area contributed by atoms with E-state index in [0.717, 1.165) is 16.6 Å². The Bertz CT molecular complexity index is 975. The summed E-state index contributed by atoms with van der Waals surface area (Å²) in [5.41, 5.74) is 2.66. The molecule has 24 heavy (non-hydrogen) atoms. The van der Waals surface area contributed by atoms with Gasteiger partial charge in [0.1, 0.15) is 5.56 Å². The molecule has 0 atom stereocenters. The fourth-order valence-electron chi connectivity index (χ4n) is 2.81. The highest BCUT2D eigenvalue weighted by Gasteiger charge is 2.15. The van der Waals surface area contributed by atoms with E-state index in [4.69, 9.17) is 11.6 Å². The smallest absolute Gasteiger partial charge is 0.257 e. The highest BCUT2D eigenvalue weighted by molar-refractivity contribution is 6.30. The number of aryl methyl sites for hydroxylation is 2. The largest absolute Gasteiger partial charge is 0.349 e. The maximum absolute atomic E-state index is 12.6. The fourth-order valence-corrected chi connectivity index (χ4v) is 2.94. The summed E-state index contributed by atoms with van der Waals surface area (Å²) < 4.78 is 1.82. The number of nitrogens with zero attached hydrogens (tertiary/aromatic N) is 1. The van der Waals surface area contributed by atoms with Gasteiger partial charge < -0.3 is 9.88 Å². The third kappa shape index (κ3) is 3.05. The molecule has 1 heterocycles. The summed E-state index contributed by atoms with van der Waals surface area (Å²) in [5, 5.41) is 3.98. The number of benzene rings is 2. The van der Waals surface area contributed by atoms with Crippen molar-refractivity contribution in [3.8, 4) is 0 Å². The molecule has 3 aromatic rings. The number of aromatic nitrogens is 1. The van der Waals surface area contributed by atoms with E-state index >= 15 is 0 Å². The Labute approximate surface area is 144 Å². The van der Waals surface area contributed by atoms with Gasteiger partial charge in [0.25, 0.3) is 5.91 Å². The van der Waals surface area contributed by atoms with Crippen LogP contribution in [0.5, 0.6) is 0 Å². The van der Waals surface area contributed by atoms with Crippen molar-refractivity contribution in [3.05, 3.63) is 80.6 Å². The minimum absolute atomic E-state index is 0.143. The lowest BCUT2D eigenvalue weighted by Crippen LogP contribution is -2.29. The zero-order valence-electron chi connectivity index (χ0n) is 13.5. The van der Waals surface area contributed by atoms with Crippen LogP contribution in [0.3, 0.4) is 0 Å². The van der Waals surface area contributed by atoms with Crippen LogP contribution in [0.15, 0.2) is 53.5 Å². The van der Waals surface area contributed by atoms with Gasteiger partial charge in [0.15, 0.2) is 0 Å². The number of fused-ring (bicyclic) bond motifs is 1. The van der Waals surface area contributed by atoms with Gasteiger partial charge in [-0.05, 0) is 36.2 Å². The Hall–Kier alpha value is -2.59. The van der Waals surface area contributed by atoms with E-state index in [1.54, 1.807) is 24.4 Å². The van der Waals surface area contributed by atoms with E-state index in [0.29, 0.717) is 17.0 Å². The first-order valence-corrected chi connectivity index (χ1v) is 7.97. The van der Waals surface area contributed by atoms with Crippen LogP contribution in [0.1, 0.15) is 21.5 Å². The lowest BCUT2D eigenvalue weighted by Gasteiger charge is -2.11. The SMILES string of the molecule is Cc1cccc2c(=O)c(C(=O)NCc3ccc(Cl)cc3)cn(C)c12. The van der Waals surface area contributed by atoms with Crippen molar-refractivity contribution in [1.82, 2.24) is 9.88 Å². The topological polar surface area (TPSA) is 51.1 Å². The summed E-state index contributed by atoms with van der Waals surface area (Å²) >= 11 is 5.85. The molecule has 1 aromatic heterocycles. The number of hydrogen-bond donors (Lipinski definition) is 1. The number of nitrogens with one attached hydrogen (secondary N) is 1. The summed E-state index contributed by atoms with van der Waals surface area (Å²) in [6.45, 7) is 2.28. The molecule has 122 valence electrons. The molecule has 1 N–H and O–H groups in total. The number of hydrogen-bond acceptors (Lipinski definition) is 2. The Morgan fingerprint density at radius 3 is 2.58 bits per heavy atom. The van der Waals surface area contributed by atoms with Crippen LogP contribution in [0.2, 0.25) is 5.02 Å². The highest BCUT2D eigenvalue weighted by Crippen LogP contribution is 2.15. The summed E-state index contributed by atoms with van der Waals surface area (Å²) in [7, 11) is 1.84. The monoisotopic (exact) mass is 340 g/mol. The molecular weight excluding hydrogens is 324 g/mol. The van der Waals surface area contributed by atoms with Gasteiger partial charge in [0, 0.05) is 30.2 Å². The average Bonchev–Trinajstić information content (AvgIpc) is 2.57. The summed E-state index contributed by atoms with van der Waals surface area (Å²) in [5.74, 6) is -0.381. The number of pyridine rings is 1. The summed E-state index contributed by atoms with van der Waals surface area (Å²) in [6.07, 6.45) is 1.59. The average molecular weight is 341 g/mol. The number of rotatable bonds is 3. The van der Waals surface area contributed by atoms with Gasteiger partial charge in [-0.15, -0.1) is 0 Å². The van der Waals surface area contributed by atoms with Gasteiger partial charge in [-0.2, -0.15) is 0 Å². The number of carbonyl (C=O) groups excluding carboxylic acids is 1. The van der Waals surface area contributed by atoms with Gasteiger partial charge in [-0.25, -0.2) is 0 Å². The van der Waals surface area contributed by atoms with E-state index in [9.17, 15) is 9.59 Å². The minimum atomic E-state index is -0.381. The van der Waals surface area contributed by atoms with Crippen LogP contribution < -0.4 is 10.7 Å². The zero-order chi connectivity index (χ0) is 17.3. The second-order valence-corrected chi connectivity index (χ2v) is 6.20. The molecule has 0 saturated carbocycles. The first kappa shape index (κ1) is 16.3. The molecule has 0 bridgehead atoms. The van der Waals surface area contributed by atoms with E-state index in [1.165, 1.54) is 0 Å². The molecule has 4 nitrogen and oxygen atoms in total. The summed E-state index contributed by atoms with van der Waals surface area (Å²) in [4.78, 5) is 25.1. The molecule has 0 radical (unpaired) electrons. The van der Waals surface area contributed by atoms with E-state index < -0.39 is 0 Å². The number of halogens is 1. The van der Waals surface area contributed by atoms with Crippen molar-refractivity contribution >= 4 is 28.4 Å². The Morgan fingerprint density at radius 2 is 1.88 bits per heavy atom. The highest BCUT2D eigenvalue weighted by atomic mass is 35.5. The van der Waals surface area contributed by atoms with Gasteiger partial charge >= 0.3 is 0 Å². The first-order valence-electron chi connectivity index (χ1n) is 7.59. The normalized spacial score (nSPS) is 10.8.